The number of aldehydes is 1. The molecule has 0 radical (unpaired) electrons. The van der Waals surface area contributed by atoms with Crippen LogP contribution in [0, 0.1) is 6.92 Å². The molecule has 3 nitrogen and oxygen atoms in total. The van der Waals surface area contributed by atoms with Crippen molar-refractivity contribution in [1.29, 1.82) is 0 Å². The van der Waals surface area contributed by atoms with Crippen LogP contribution >= 0.6 is 31.9 Å². The zero-order valence-electron chi connectivity index (χ0n) is 11.2. The molecule has 19 heavy (non-hydrogen) atoms. The summed E-state index contributed by atoms with van der Waals surface area (Å²) in [5, 5.41) is 2.71. The molecular weight excluding hydrogens is 374 g/mol. The zero-order valence-corrected chi connectivity index (χ0v) is 14.3. The Morgan fingerprint density at radius 3 is 2.47 bits per heavy atom. The molecule has 1 amide bonds. The highest BCUT2D eigenvalue weighted by atomic mass is 79.9. The highest BCUT2D eigenvalue weighted by Crippen LogP contribution is 2.16. The Labute approximate surface area is 130 Å². The van der Waals surface area contributed by atoms with Gasteiger partial charge in [0, 0.05) is 6.54 Å². The van der Waals surface area contributed by atoms with E-state index in [0.717, 1.165) is 11.1 Å². The smallest absolute Gasteiger partial charge is 0.259 e. The lowest BCUT2D eigenvalue weighted by molar-refractivity contribution is -0.117. The molecular formula is C14H17Br2NO2. The fourth-order valence-corrected chi connectivity index (χ4v) is 1.66. The Hall–Kier alpha value is -0.940. The fraction of sp³-hybridized carbons (Fsp3) is 0.286. The van der Waals surface area contributed by atoms with E-state index < -0.39 is 0 Å². The lowest BCUT2D eigenvalue weighted by Crippen LogP contribution is -2.23. The van der Waals surface area contributed by atoms with Crippen LogP contribution in [0.5, 0.6) is 0 Å². The van der Waals surface area contributed by atoms with Crippen LogP contribution in [0.15, 0.2) is 33.2 Å². The van der Waals surface area contributed by atoms with Crippen molar-refractivity contribution in [2.24, 2.45) is 0 Å². The molecule has 0 aliphatic carbocycles. The molecule has 0 aliphatic rings. The lowest BCUT2D eigenvalue weighted by Gasteiger charge is -2.05. The van der Waals surface area contributed by atoms with E-state index in [1.807, 2.05) is 45.0 Å². The highest BCUT2D eigenvalue weighted by Gasteiger charge is 2.09. The number of halogens is 2. The third kappa shape index (κ3) is 6.68. The van der Waals surface area contributed by atoms with Gasteiger partial charge in [0.15, 0.2) is 6.29 Å². The van der Waals surface area contributed by atoms with Crippen LogP contribution in [0.4, 0.5) is 0 Å². The number of allylic oxidation sites excluding steroid dienone is 1. The van der Waals surface area contributed by atoms with Crippen LogP contribution in [0.1, 0.15) is 25.0 Å². The van der Waals surface area contributed by atoms with Crippen molar-refractivity contribution >= 4 is 44.1 Å². The topological polar surface area (TPSA) is 46.2 Å². The van der Waals surface area contributed by atoms with Gasteiger partial charge in [0.1, 0.15) is 0 Å². The molecule has 0 fully saturated rings. The highest BCUT2D eigenvalue weighted by molar-refractivity contribution is 9.14. The molecule has 1 rings (SSSR count). The normalized spacial score (nSPS) is 10.8. The van der Waals surface area contributed by atoms with Crippen molar-refractivity contribution in [3.63, 3.8) is 0 Å². The predicted molar refractivity (Wildman–Crippen MR) is 85.3 cm³/mol. The summed E-state index contributed by atoms with van der Waals surface area (Å²) >= 11 is 6.03. The number of aryl methyl sites for hydroxylation is 1. The van der Waals surface area contributed by atoms with E-state index in [-0.39, 0.29) is 14.9 Å². The molecule has 0 unspecified atom stereocenters. The van der Waals surface area contributed by atoms with Crippen molar-refractivity contribution in [3.8, 4) is 0 Å². The van der Waals surface area contributed by atoms with Gasteiger partial charge in [0.25, 0.3) is 5.91 Å². The minimum atomic E-state index is -0.328. The summed E-state index contributed by atoms with van der Waals surface area (Å²) in [7, 11) is 0. The summed E-state index contributed by atoms with van der Waals surface area (Å²) in [6.45, 7) is 6.42. The number of hydrogen-bond acceptors (Lipinski definition) is 2. The number of nitrogens with one attached hydrogen (secondary N) is 1. The van der Waals surface area contributed by atoms with Crippen LogP contribution in [-0.4, -0.2) is 12.2 Å². The lowest BCUT2D eigenvalue weighted by atomic mass is 10.1. The number of benzene rings is 1. The number of carbonyl (C=O) groups excluding carboxylic acids is 2. The van der Waals surface area contributed by atoms with Gasteiger partial charge in [-0.15, -0.1) is 0 Å². The number of rotatable bonds is 4. The first-order valence-electron chi connectivity index (χ1n) is 5.88. The molecule has 0 bridgehead atoms. The monoisotopic (exact) mass is 389 g/mol. The largest absolute Gasteiger partial charge is 0.347 e. The van der Waals surface area contributed by atoms with E-state index >= 15 is 0 Å². The summed E-state index contributed by atoms with van der Waals surface area (Å²) < 4.78 is 0.388. The third-order valence-electron chi connectivity index (χ3n) is 2.05. The summed E-state index contributed by atoms with van der Waals surface area (Å²) in [5.41, 5.74) is 2.15. The van der Waals surface area contributed by atoms with Gasteiger partial charge < -0.3 is 5.32 Å². The molecule has 1 aromatic carbocycles. The Balaban J connectivity index is 0.00000154. The van der Waals surface area contributed by atoms with Crippen molar-refractivity contribution in [3.05, 3.63) is 44.4 Å². The second-order valence-corrected chi connectivity index (χ2v) is 5.10. The van der Waals surface area contributed by atoms with Gasteiger partial charge in [-0.05, 0) is 44.3 Å². The standard InChI is InChI=1S/C12H11Br2NO2.C2H6/c1-8-3-2-4-9(5-8)6-15-12(17)11(14)10(13)7-16;1-2/h2-5,7H,6H2,1H3,(H,15,17);1-2H3/b11-10-;. The molecule has 1 aromatic rings. The molecule has 0 saturated heterocycles. The van der Waals surface area contributed by atoms with E-state index in [1.165, 1.54) is 0 Å². The minimum absolute atomic E-state index is 0.194. The molecule has 0 atom stereocenters. The quantitative estimate of drug-likeness (QED) is 0.627. The molecule has 0 aromatic heterocycles. The number of carbonyl (C=O) groups is 2. The van der Waals surface area contributed by atoms with Gasteiger partial charge in [-0.3, -0.25) is 9.59 Å². The molecule has 0 spiro atoms. The zero-order chi connectivity index (χ0) is 14.8. The maximum Gasteiger partial charge on any atom is 0.259 e. The molecule has 5 heteroatoms. The fourth-order valence-electron chi connectivity index (χ4n) is 1.24. The van der Waals surface area contributed by atoms with Crippen molar-refractivity contribution in [1.82, 2.24) is 5.32 Å². The first kappa shape index (κ1) is 18.1. The molecule has 0 aliphatic heterocycles. The summed E-state index contributed by atoms with van der Waals surface area (Å²) in [4.78, 5) is 22.1. The maximum atomic E-state index is 11.6. The van der Waals surface area contributed by atoms with Gasteiger partial charge in [0.2, 0.25) is 0 Å². The van der Waals surface area contributed by atoms with Gasteiger partial charge in [-0.2, -0.15) is 0 Å². The second-order valence-electron chi connectivity index (χ2n) is 3.45. The van der Waals surface area contributed by atoms with Gasteiger partial charge in [-0.1, -0.05) is 43.7 Å². The Morgan fingerprint density at radius 1 is 1.32 bits per heavy atom. The number of amides is 1. The Bertz CT molecular complexity index is 470. The van der Waals surface area contributed by atoms with Crippen LogP contribution in [0.2, 0.25) is 0 Å². The van der Waals surface area contributed by atoms with Gasteiger partial charge >= 0.3 is 0 Å². The molecule has 0 saturated carbocycles. The summed E-state index contributed by atoms with van der Waals surface area (Å²) in [5.74, 6) is -0.328. The van der Waals surface area contributed by atoms with E-state index in [1.54, 1.807) is 0 Å². The van der Waals surface area contributed by atoms with Gasteiger partial charge in [0.05, 0.1) is 8.96 Å². The van der Waals surface area contributed by atoms with Crippen LogP contribution in [-0.2, 0) is 16.1 Å². The second kappa shape index (κ2) is 9.92. The average Bonchev–Trinajstić information content (AvgIpc) is 2.45. The first-order valence-corrected chi connectivity index (χ1v) is 7.47. The van der Waals surface area contributed by atoms with Crippen molar-refractivity contribution in [2.75, 3.05) is 0 Å². The minimum Gasteiger partial charge on any atom is -0.347 e. The van der Waals surface area contributed by atoms with Crippen LogP contribution < -0.4 is 5.32 Å². The van der Waals surface area contributed by atoms with E-state index in [2.05, 4.69) is 37.2 Å². The van der Waals surface area contributed by atoms with Crippen molar-refractivity contribution < 1.29 is 9.59 Å². The van der Waals surface area contributed by atoms with Crippen LogP contribution in [0.25, 0.3) is 0 Å². The number of hydrogen-bond donors (Lipinski definition) is 1. The SMILES string of the molecule is CC.Cc1cccc(CNC(=O)/C(Br)=C(/Br)C=O)c1. The van der Waals surface area contributed by atoms with E-state index in [9.17, 15) is 9.59 Å². The van der Waals surface area contributed by atoms with Gasteiger partial charge in [-0.25, -0.2) is 0 Å². The maximum absolute atomic E-state index is 11.6. The predicted octanol–water partition coefficient (Wildman–Crippen LogP) is 3.84. The summed E-state index contributed by atoms with van der Waals surface area (Å²) in [6, 6.07) is 7.85. The molecule has 0 heterocycles. The first-order chi connectivity index (χ1) is 9.04. The van der Waals surface area contributed by atoms with E-state index in [0.29, 0.717) is 12.8 Å². The van der Waals surface area contributed by atoms with Crippen LogP contribution in [0.3, 0.4) is 0 Å². The molecule has 1 N–H and O–H groups in total. The Morgan fingerprint density at radius 2 is 1.95 bits per heavy atom. The molecule has 104 valence electrons. The summed E-state index contributed by atoms with van der Waals surface area (Å²) in [6.07, 6.45) is 0.566. The third-order valence-corrected chi connectivity index (χ3v) is 3.95. The van der Waals surface area contributed by atoms with Crippen molar-refractivity contribution in [2.45, 2.75) is 27.3 Å². The Kier molecular flexibility index (Phi) is 9.43. The average molecular weight is 391 g/mol. The van der Waals surface area contributed by atoms with E-state index in [4.69, 9.17) is 0 Å².